The first kappa shape index (κ1) is 14.6. The van der Waals surface area contributed by atoms with Crippen LogP contribution < -0.4 is 0 Å². The molecule has 0 aliphatic carbocycles. The van der Waals surface area contributed by atoms with Gasteiger partial charge in [-0.2, -0.15) is 0 Å². The fourth-order valence-corrected chi connectivity index (χ4v) is 2.13. The lowest BCUT2D eigenvalue weighted by Gasteiger charge is -2.40. The second-order valence-electron chi connectivity index (χ2n) is 5.47. The molecule has 1 N–H and O–H groups in total. The van der Waals surface area contributed by atoms with Crippen molar-refractivity contribution in [1.29, 1.82) is 0 Å². The standard InChI is InChI=1S/C14H22N2O2/c1-11(12-6-5-8-15-10-12)16(14(2,3)4)9-7-13(17)18/h5-6,8,10-11H,7,9H2,1-4H3,(H,17,18). The molecule has 0 bridgehead atoms. The smallest absolute Gasteiger partial charge is 0.304 e. The topological polar surface area (TPSA) is 53.4 Å². The van der Waals surface area contributed by atoms with Crippen LogP contribution in [0.4, 0.5) is 0 Å². The predicted octanol–water partition coefficient (Wildman–Crippen LogP) is 2.72. The van der Waals surface area contributed by atoms with Crippen molar-refractivity contribution in [2.75, 3.05) is 6.54 Å². The van der Waals surface area contributed by atoms with Gasteiger partial charge in [-0.1, -0.05) is 6.07 Å². The number of hydrogen-bond donors (Lipinski definition) is 1. The lowest BCUT2D eigenvalue weighted by atomic mass is 9.99. The summed E-state index contributed by atoms with van der Waals surface area (Å²) in [6, 6.07) is 4.08. The number of carboxylic acids is 1. The van der Waals surface area contributed by atoms with E-state index in [1.54, 1.807) is 6.20 Å². The average Bonchev–Trinajstić information content (AvgIpc) is 2.28. The molecule has 4 heteroatoms. The molecule has 1 atom stereocenters. The third kappa shape index (κ3) is 4.11. The van der Waals surface area contributed by atoms with Gasteiger partial charge in [-0.05, 0) is 39.3 Å². The van der Waals surface area contributed by atoms with Crippen LogP contribution in [0, 0.1) is 0 Å². The van der Waals surface area contributed by atoms with Crippen LogP contribution in [0.2, 0.25) is 0 Å². The van der Waals surface area contributed by atoms with E-state index in [0.29, 0.717) is 6.54 Å². The Balaban J connectivity index is 2.86. The molecule has 1 heterocycles. The molecule has 1 rings (SSSR count). The first-order chi connectivity index (χ1) is 8.32. The van der Waals surface area contributed by atoms with Crippen molar-refractivity contribution >= 4 is 5.97 Å². The summed E-state index contributed by atoms with van der Waals surface area (Å²) in [5, 5.41) is 8.84. The summed E-state index contributed by atoms with van der Waals surface area (Å²) in [5.74, 6) is -0.761. The number of carbonyl (C=O) groups is 1. The van der Waals surface area contributed by atoms with E-state index >= 15 is 0 Å². The molecule has 0 spiro atoms. The van der Waals surface area contributed by atoms with Crippen molar-refractivity contribution in [2.45, 2.75) is 45.7 Å². The molecule has 100 valence electrons. The van der Waals surface area contributed by atoms with Crippen molar-refractivity contribution in [2.24, 2.45) is 0 Å². The van der Waals surface area contributed by atoms with Gasteiger partial charge in [-0.25, -0.2) is 0 Å². The van der Waals surface area contributed by atoms with Crippen molar-refractivity contribution in [3.63, 3.8) is 0 Å². The summed E-state index contributed by atoms with van der Waals surface area (Å²) in [6.45, 7) is 8.92. The molecule has 0 aliphatic heterocycles. The molecule has 1 unspecified atom stereocenters. The highest BCUT2D eigenvalue weighted by atomic mass is 16.4. The molecule has 1 aromatic heterocycles. The van der Waals surface area contributed by atoms with Gasteiger partial charge < -0.3 is 5.11 Å². The van der Waals surface area contributed by atoms with Crippen molar-refractivity contribution < 1.29 is 9.90 Å². The maximum Gasteiger partial charge on any atom is 0.304 e. The third-order valence-electron chi connectivity index (χ3n) is 3.06. The second-order valence-corrected chi connectivity index (χ2v) is 5.47. The van der Waals surface area contributed by atoms with Crippen LogP contribution >= 0.6 is 0 Å². The maximum absolute atomic E-state index is 10.8. The van der Waals surface area contributed by atoms with E-state index in [0.717, 1.165) is 5.56 Å². The van der Waals surface area contributed by atoms with Crippen LogP contribution in [0.5, 0.6) is 0 Å². The number of aliphatic carboxylic acids is 1. The monoisotopic (exact) mass is 250 g/mol. The lowest BCUT2D eigenvalue weighted by molar-refractivity contribution is -0.137. The van der Waals surface area contributed by atoms with E-state index in [1.807, 2.05) is 18.3 Å². The fraction of sp³-hybridized carbons (Fsp3) is 0.571. The molecule has 0 fully saturated rings. The number of carboxylic acid groups (broad SMARTS) is 1. The summed E-state index contributed by atoms with van der Waals surface area (Å²) >= 11 is 0. The Morgan fingerprint density at radius 2 is 2.17 bits per heavy atom. The minimum atomic E-state index is -0.761. The number of rotatable bonds is 5. The number of aromatic nitrogens is 1. The molecule has 0 saturated heterocycles. The van der Waals surface area contributed by atoms with E-state index in [1.165, 1.54) is 0 Å². The van der Waals surface area contributed by atoms with E-state index in [-0.39, 0.29) is 18.0 Å². The zero-order chi connectivity index (χ0) is 13.8. The van der Waals surface area contributed by atoms with Crippen LogP contribution in [-0.4, -0.2) is 33.0 Å². The minimum Gasteiger partial charge on any atom is -0.481 e. The van der Waals surface area contributed by atoms with Crippen LogP contribution in [0.25, 0.3) is 0 Å². The molecule has 0 radical (unpaired) electrons. The Bertz CT molecular complexity index is 385. The van der Waals surface area contributed by atoms with Crippen LogP contribution in [0.1, 0.15) is 45.7 Å². The van der Waals surface area contributed by atoms with Crippen LogP contribution in [0.15, 0.2) is 24.5 Å². The summed E-state index contributed by atoms with van der Waals surface area (Å²) in [7, 11) is 0. The van der Waals surface area contributed by atoms with Gasteiger partial charge >= 0.3 is 5.97 Å². The Labute approximate surface area is 109 Å². The van der Waals surface area contributed by atoms with Crippen molar-refractivity contribution in [3.8, 4) is 0 Å². The molecule has 0 amide bonds. The molecule has 1 aromatic rings. The van der Waals surface area contributed by atoms with E-state index < -0.39 is 5.97 Å². The summed E-state index contributed by atoms with van der Waals surface area (Å²) in [5.41, 5.74) is 1.03. The van der Waals surface area contributed by atoms with E-state index in [9.17, 15) is 4.79 Å². The molecular weight excluding hydrogens is 228 g/mol. The van der Waals surface area contributed by atoms with Gasteiger partial charge in [-0.3, -0.25) is 14.7 Å². The number of hydrogen-bond acceptors (Lipinski definition) is 3. The molecule has 0 saturated carbocycles. The van der Waals surface area contributed by atoms with Gasteiger partial charge in [-0.15, -0.1) is 0 Å². The zero-order valence-corrected chi connectivity index (χ0v) is 11.6. The maximum atomic E-state index is 10.8. The zero-order valence-electron chi connectivity index (χ0n) is 11.6. The Morgan fingerprint density at radius 1 is 1.50 bits per heavy atom. The van der Waals surface area contributed by atoms with Crippen LogP contribution in [-0.2, 0) is 4.79 Å². The van der Waals surface area contributed by atoms with Crippen molar-refractivity contribution in [3.05, 3.63) is 30.1 Å². The first-order valence-electron chi connectivity index (χ1n) is 6.21. The summed E-state index contributed by atoms with van der Waals surface area (Å²) < 4.78 is 0. The highest BCUT2D eigenvalue weighted by Crippen LogP contribution is 2.27. The molecule has 0 aromatic carbocycles. The molecule has 18 heavy (non-hydrogen) atoms. The highest BCUT2D eigenvalue weighted by molar-refractivity contribution is 5.66. The van der Waals surface area contributed by atoms with E-state index in [2.05, 4.69) is 37.6 Å². The fourth-order valence-electron chi connectivity index (χ4n) is 2.13. The van der Waals surface area contributed by atoms with E-state index in [4.69, 9.17) is 5.11 Å². The Hall–Kier alpha value is -1.42. The summed E-state index contributed by atoms with van der Waals surface area (Å²) in [6.07, 6.45) is 3.74. The van der Waals surface area contributed by atoms with Gasteiger partial charge in [0.1, 0.15) is 0 Å². The van der Waals surface area contributed by atoms with Gasteiger partial charge in [0.15, 0.2) is 0 Å². The quantitative estimate of drug-likeness (QED) is 0.873. The molecule has 4 nitrogen and oxygen atoms in total. The van der Waals surface area contributed by atoms with Gasteiger partial charge in [0.25, 0.3) is 0 Å². The predicted molar refractivity (Wildman–Crippen MR) is 71.4 cm³/mol. The SMILES string of the molecule is CC(c1cccnc1)N(CCC(=O)O)C(C)(C)C. The first-order valence-corrected chi connectivity index (χ1v) is 6.21. The molecular formula is C14H22N2O2. The third-order valence-corrected chi connectivity index (χ3v) is 3.06. The van der Waals surface area contributed by atoms with Gasteiger partial charge in [0.05, 0.1) is 6.42 Å². The number of nitrogens with zero attached hydrogens (tertiary/aromatic N) is 2. The molecule has 0 aliphatic rings. The average molecular weight is 250 g/mol. The Morgan fingerprint density at radius 3 is 2.61 bits per heavy atom. The minimum absolute atomic E-state index is 0.0787. The van der Waals surface area contributed by atoms with Gasteiger partial charge in [0.2, 0.25) is 0 Å². The largest absolute Gasteiger partial charge is 0.481 e. The normalized spacial score (nSPS) is 13.6. The highest BCUT2D eigenvalue weighted by Gasteiger charge is 2.27. The van der Waals surface area contributed by atoms with Crippen molar-refractivity contribution in [1.82, 2.24) is 9.88 Å². The Kier molecular flexibility index (Phi) is 4.84. The van der Waals surface area contributed by atoms with Crippen LogP contribution in [0.3, 0.4) is 0 Å². The number of pyridine rings is 1. The summed E-state index contributed by atoms with van der Waals surface area (Å²) in [4.78, 5) is 17.1. The van der Waals surface area contributed by atoms with Gasteiger partial charge in [0, 0.05) is 30.5 Å². The lowest BCUT2D eigenvalue weighted by Crippen LogP contribution is -2.44. The second kappa shape index (κ2) is 5.96.